The topological polar surface area (TPSA) is 26.3 Å². The Bertz CT molecular complexity index is 178. The minimum Gasteiger partial charge on any atom is -0.465 e. The highest BCUT2D eigenvalue weighted by molar-refractivity contribution is 5.91. The second-order valence-electron chi connectivity index (χ2n) is 1.55. The maximum atomic E-state index is 10.7. The normalized spacial score (nSPS) is 10.3. The number of hydrogen-bond acceptors (Lipinski definition) is 2. The van der Waals surface area contributed by atoms with Crippen molar-refractivity contribution in [1.29, 1.82) is 0 Å². The van der Waals surface area contributed by atoms with Crippen LogP contribution >= 0.6 is 0 Å². The van der Waals surface area contributed by atoms with Crippen molar-refractivity contribution < 1.29 is 9.53 Å². The number of esters is 1. The first-order chi connectivity index (χ1) is 4.76. The monoisotopic (exact) mass is 138 g/mol. The van der Waals surface area contributed by atoms with Crippen LogP contribution in [-0.4, -0.2) is 13.1 Å². The Morgan fingerprint density at radius 1 is 1.50 bits per heavy atom. The molecule has 0 aromatic heterocycles. The van der Waals surface area contributed by atoms with Crippen molar-refractivity contribution in [2.45, 2.75) is 0 Å². The molecule has 0 saturated carbocycles. The van der Waals surface area contributed by atoms with Crippen molar-refractivity contribution >= 4 is 5.97 Å². The van der Waals surface area contributed by atoms with E-state index in [1.807, 2.05) is 0 Å². The lowest BCUT2D eigenvalue weighted by Crippen LogP contribution is -2.01. The van der Waals surface area contributed by atoms with Gasteiger partial charge in [-0.15, -0.1) is 0 Å². The molecule has 0 rings (SSSR count). The van der Waals surface area contributed by atoms with E-state index in [2.05, 4.69) is 17.9 Å². The van der Waals surface area contributed by atoms with Gasteiger partial charge in [-0.1, -0.05) is 25.3 Å². The van der Waals surface area contributed by atoms with Gasteiger partial charge in [-0.2, -0.15) is 0 Å². The Morgan fingerprint density at radius 3 is 2.40 bits per heavy atom. The standard InChI is InChI=1S/C8H10O2/c1-4-6-7(5-2)8(9)10-3/h4-6H,1-2H2,3H3. The van der Waals surface area contributed by atoms with Gasteiger partial charge in [0.05, 0.1) is 12.7 Å². The van der Waals surface area contributed by atoms with E-state index in [1.54, 1.807) is 6.08 Å². The van der Waals surface area contributed by atoms with Crippen LogP contribution in [-0.2, 0) is 9.53 Å². The van der Waals surface area contributed by atoms with Crippen LogP contribution in [0, 0.1) is 0 Å². The number of hydrogen-bond donors (Lipinski definition) is 0. The van der Waals surface area contributed by atoms with Crippen molar-refractivity contribution in [3.8, 4) is 0 Å². The van der Waals surface area contributed by atoms with Crippen molar-refractivity contribution in [3.05, 3.63) is 37.0 Å². The largest absolute Gasteiger partial charge is 0.465 e. The van der Waals surface area contributed by atoms with Gasteiger partial charge in [0.15, 0.2) is 0 Å². The minimum absolute atomic E-state index is 0.394. The summed E-state index contributed by atoms with van der Waals surface area (Å²) in [6.07, 6.45) is 4.47. The zero-order chi connectivity index (χ0) is 7.98. The third kappa shape index (κ3) is 2.31. The molecule has 0 aromatic rings. The summed E-state index contributed by atoms with van der Waals surface area (Å²) in [4.78, 5) is 10.7. The molecule has 0 fully saturated rings. The Balaban J connectivity index is 4.34. The SMILES string of the molecule is C=CC=C(C=C)C(=O)OC. The number of methoxy groups -OCH3 is 1. The highest BCUT2D eigenvalue weighted by Gasteiger charge is 2.01. The smallest absolute Gasteiger partial charge is 0.337 e. The summed E-state index contributed by atoms with van der Waals surface area (Å²) in [5, 5.41) is 0. The lowest BCUT2D eigenvalue weighted by Gasteiger charge is -1.95. The van der Waals surface area contributed by atoms with Gasteiger partial charge in [0, 0.05) is 0 Å². The molecular weight excluding hydrogens is 128 g/mol. The first-order valence-corrected chi connectivity index (χ1v) is 2.79. The molecule has 0 saturated heterocycles. The molecule has 0 N–H and O–H groups in total. The predicted octanol–water partition coefficient (Wildman–Crippen LogP) is 1.46. The van der Waals surface area contributed by atoms with E-state index in [-0.39, 0.29) is 0 Å². The number of carbonyl (C=O) groups is 1. The van der Waals surface area contributed by atoms with Crippen LogP contribution < -0.4 is 0 Å². The fraction of sp³-hybridized carbons (Fsp3) is 0.125. The average Bonchev–Trinajstić information content (AvgIpc) is 1.99. The molecule has 0 amide bonds. The van der Waals surface area contributed by atoms with Gasteiger partial charge in [0.1, 0.15) is 0 Å². The van der Waals surface area contributed by atoms with E-state index in [0.29, 0.717) is 5.57 Å². The van der Waals surface area contributed by atoms with Gasteiger partial charge >= 0.3 is 5.97 Å². The summed E-state index contributed by atoms with van der Waals surface area (Å²) < 4.78 is 4.43. The quantitative estimate of drug-likeness (QED) is 0.335. The van der Waals surface area contributed by atoms with E-state index in [1.165, 1.54) is 19.3 Å². The van der Waals surface area contributed by atoms with E-state index in [4.69, 9.17) is 0 Å². The van der Waals surface area contributed by atoms with Crippen LogP contribution in [0.15, 0.2) is 37.0 Å². The summed E-state index contributed by atoms with van der Waals surface area (Å²) in [6.45, 7) is 6.86. The van der Waals surface area contributed by atoms with Crippen LogP contribution in [0.2, 0.25) is 0 Å². The Kier molecular flexibility index (Phi) is 3.96. The first kappa shape index (κ1) is 8.69. The minimum atomic E-state index is -0.394. The molecule has 2 nitrogen and oxygen atoms in total. The first-order valence-electron chi connectivity index (χ1n) is 2.79. The Hall–Kier alpha value is -1.31. The molecule has 0 radical (unpaired) electrons. The summed E-state index contributed by atoms with van der Waals surface area (Å²) >= 11 is 0. The van der Waals surface area contributed by atoms with Crippen molar-refractivity contribution in [2.75, 3.05) is 7.11 Å². The molecular formula is C8H10O2. The van der Waals surface area contributed by atoms with Crippen LogP contribution in [0.3, 0.4) is 0 Å². The van der Waals surface area contributed by atoms with Crippen LogP contribution in [0.5, 0.6) is 0 Å². The molecule has 2 heteroatoms. The van der Waals surface area contributed by atoms with E-state index in [9.17, 15) is 4.79 Å². The number of allylic oxidation sites excluding steroid dienone is 2. The summed E-state index contributed by atoms with van der Waals surface area (Å²) in [7, 11) is 1.32. The molecule has 0 atom stereocenters. The third-order valence-electron chi connectivity index (χ3n) is 0.938. The summed E-state index contributed by atoms with van der Waals surface area (Å²) in [5.74, 6) is -0.394. The molecule has 0 aromatic carbocycles. The van der Waals surface area contributed by atoms with Crippen LogP contribution in [0.4, 0.5) is 0 Å². The maximum Gasteiger partial charge on any atom is 0.337 e. The number of rotatable bonds is 3. The summed E-state index contributed by atoms with van der Waals surface area (Å²) in [5.41, 5.74) is 0.414. The summed E-state index contributed by atoms with van der Waals surface area (Å²) in [6, 6.07) is 0. The van der Waals surface area contributed by atoms with Crippen LogP contribution in [0.25, 0.3) is 0 Å². The molecule has 0 aliphatic heterocycles. The van der Waals surface area contributed by atoms with Crippen molar-refractivity contribution in [2.24, 2.45) is 0 Å². The Labute approximate surface area is 60.5 Å². The molecule has 54 valence electrons. The molecule has 0 unspecified atom stereocenters. The maximum absolute atomic E-state index is 10.7. The highest BCUT2D eigenvalue weighted by atomic mass is 16.5. The van der Waals surface area contributed by atoms with Gasteiger partial charge in [0.2, 0.25) is 0 Å². The molecule has 0 heterocycles. The number of ether oxygens (including phenoxy) is 1. The van der Waals surface area contributed by atoms with Crippen molar-refractivity contribution in [3.63, 3.8) is 0 Å². The van der Waals surface area contributed by atoms with Gasteiger partial charge < -0.3 is 4.74 Å². The molecule has 0 aliphatic rings. The van der Waals surface area contributed by atoms with Gasteiger partial charge in [-0.05, 0) is 6.08 Å². The lowest BCUT2D eigenvalue weighted by atomic mass is 10.2. The zero-order valence-corrected chi connectivity index (χ0v) is 5.96. The van der Waals surface area contributed by atoms with E-state index in [0.717, 1.165) is 0 Å². The van der Waals surface area contributed by atoms with Gasteiger partial charge in [-0.3, -0.25) is 0 Å². The van der Waals surface area contributed by atoms with E-state index < -0.39 is 5.97 Å². The number of carbonyl (C=O) groups excluding carboxylic acids is 1. The van der Waals surface area contributed by atoms with Gasteiger partial charge in [-0.25, -0.2) is 4.79 Å². The molecule has 0 bridgehead atoms. The zero-order valence-electron chi connectivity index (χ0n) is 5.96. The molecule has 0 spiro atoms. The fourth-order valence-electron chi connectivity index (χ4n) is 0.464. The third-order valence-corrected chi connectivity index (χ3v) is 0.938. The Morgan fingerprint density at radius 2 is 2.10 bits per heavy atom. The average molecular weight is 138 g/mol. The van der Waals surface area contributed by atoms with E-state index >= 15 is 0 Å². The van der Waals surface area contributed by atoms with Crippen LogP contribution in [0.1, 0.15) is 0 Å². The van der Waals surface area contributed by atoms with Gasteiger partial charge in [0.25, 0.3) is 0 Å². The lowest BCUT2D eigenvalue weighted by molar-refractivity contribution is -0.135. The molecule has 0 aliphatic carbocycles. The fourth-order valence-corrected chi connectivity index (χ4v) is 0.464. The second kappa shape index (κ2) is 4.56. The predicted molar refractivity (Wildman–Crippen MR) is 40.5 cm³/mol. The highest BCUT2D eigenvalue weighted by Crippen LogP contribution is 1.97. The molecule has 10 heavy (non-hydrogen) atoms. The second-order valence-corrected chi connectivity index (χ2v) is 1.55. The van der Waals surface area contributed by atoms with Crippen molar-refractivity contribution in [1.82, 2.24) is 0 Å².